The molecule has 3 heteroatoms. The largest absolute Gasteiger partial charge is 0.371 e. The van der Waals surface area contributed by atoms with Crippen molar-refractivity contribution in [3.05, 3.63) is 24.3 Å². The minimum atomic E-state index is 0.306. The summed E-state index contributed by atoms with van der Waals surface area (Å²) in [7, 11) is 2.18. The van der Waals surface area contributed by atoms with Gasteiger partial charge in [-0.2, -0.15) is 12.6 Å². The predicted octanol–water partition coefficient (Wildman–Crippen LogP) is 3.53. The summed E-state index contributed by atoms with van der Waals surface area (Å²) in [4.78, 5) is 4.88. The quantitative estimate of drug-likeness (QED) is 0.845. The fourth-order valence-electron chi connectivity index (χ4n) is 2.63. The first-order valence-electron chi connectivity index (χ1n) is 7.09. The second-order valence-corrected chi connectivity index (χ2v) is 6.97. The highest BCUT2D eigenvalue weighted by Gasteiger charge is 2.28. The third kappa shape index (κ3) is 3.19. The van der Waals surface area contributed by atoms with Crippen LogP contribution in [-0.2, 0) is 0 Å². The molecule has 2 nitrogen and oxygen atoms in total. The Bertz CT molecular complexity index is 425. The molecule has 1 heterocycles. The van der Waals surface area contributed by atoms with Gasteiger partial charge < -0.3 is 9.80 Å². The van der Waals surface area contributed by atoms with Crippen LogP contribution in [0.5, 0.6) is 0 Å². The molecular formula is C16H26N2S. The Morgan fingerprint density at radius 3 is 2.37 bits per heavy atom. The van der Waals surface area contributed by atoms with Gasteiger partial charge in [0.05, 0.1) is 11.4 Å². The number of hydrogen-bond acceptors (Lipinski definition) is 3. The average molecular weight is 278 g/mol. The van der Waals surface area contributed by atoms with Crippen molar-refractivity contribution in [1.29, 1.82) is 0 Å². The lowest BCUT2D eigenvalue weighted by atomic mass is 9.81. The van der Waals surface area contributed by atoms with Crippen LogP contribution in [0.2, 0.25) is 0 Å². The summed E-state index contributed by atoms with van der Waals surface area (Å²) in [6.45, 7) is 10.2. The second-order valence-electron chi connectivity index (χ2n) is 6.60. The van der Waals surface area contributed by atoms with Crippen molar-refractivity contribution in [2.45, 2.75) is 20.8 Å². The monoisotopic (exact) mass is 278 g/mol. The number of fused-ring (bicyclic) bond motifs is 1. The third-order valence-electron chi connectivity index (χ3n) is 4.22. The first-order chi connectivity index (χ1) is 8.93. The SMILES string of the molecule is CN1CCN(CC(CS)C(C)(C)C)c2ccccc21. The predicted molar refractivity (Wildman–Crippen MR) is 88.7 cm³/mol. The summed E-state index contributed by atoms with van der Waals surface area (Å²) < 4.78 is 0. The molecule has 1 aliphatic rings. The van der Waals surface area contributed by atoms with Gasteiger partial charge in [-0.15, -0.1) is 0 Å². The molecule has 0 aromatic heterocycles. The minimum absolute atomic E-state index is 0.306. The molecule has 0 bridgehead atoms. The Balaban J connectivity index is 2.21. The summed E-state index contributed by atoms with van der Waals surface area (Å²) in [6.07, 6.45) is 0. The molecule has 0 aliphatic carbocycles. The molecule has 0 saturated carbocycles. The fourth-order valence-corrected chi connectivity index (χ4v) is 3.29. The van der Waals surface area contributed by atoms with Crippen molar-refractivity contribution in [3.63, 3.8) is 0 Å². The van der Waals surface area contributed by atoms with Crippen LogP contribution in [0.15, 0.2) is 24.3 Å². The van der Waals surface area contributed by atoms with Gasteiger partial charge in [-0.1, -0.05) is 32.9 Å². The zero-order valence-corrected chi connectivity index (χ0v) is 13.5. The van der Waals surface area contributed by atoms with Gasteiger partial charge >= 0.3 is 0 Å². The highest BCUT2D eigenvalue weighted by atomic mass is 32.1. The van der Waals surface area contributed by atoms with Crippen molar-refractivity contribution >= 4 is 24.0 Å². The second kappa shape index (κ2) is 5.66. The number of nitrogens with zero attached hydrogens (tertiary/aromatic N) is 2. The van der Waals surface area contributed by atoms with Gasteiger partial charge in [0.1, 0.15) is 0 Å². The van der Waals surface area contributed by atoms with Gasteiger partial charge in [-0.3, -0.25) is 0 Å². The Morgan fingerprint density at radius 1 is 1.16 bits per heavy atom. The Hall–Kier alpha value is -0.830. The molecule has 19 heavy (non-hydrogen) atoms. The number of anilines is 2. The first-order valence-corrected chi connectivity index (χ1v) is 7.72. The van der Waals surface area contributed by atoms with E-state index in [-0.39, 0.29) is 0 Å². The number of thiol groups is 1. The van der Waals surface area contributed by atoms with Crippen LogP contribution >= 0.6 is 12.6 Å². The molecule has 1 atom stereocenters. The van der Waals surface area contributed by atoms with Crippen molar-refractivity contribution in [1.82, 2.24) is 0 Å². The number of hydrogen-bond donors (Lipinski definition) is 1. The van der Waals surface area contributed by atoms with E-state index in [4.69, 9.17) is 0 Å². The Morgan fingerprint density at radius 2 is 1.79 bits per heavy atom. The van der Waals surface area contributed by atoms with E-state index in [0.717, 1.165) is 25.4 Å². The lowest BCUT2D eigenvalue weighted by Gasteiger charge is -2.41. The maximum absolute atomic E-state index is 4.56. The van der Waals surface area contributed by atoms with Gasteiger partial charge in [0.25, 0.3) is 0 Å². The molecule has 1 aromatic carbocycles. The van der Waals surface area contributed by atoms with E-state index in [1.54, 1.807) is 0 Å². The van der Waals surface area contributed by atoms with E-state index in [1.807, 2.05) is 0 Å². The van der Waals surface area contributed by atoms with Crippen molar-refractivity contribution < 1.29 is 0 Å². The molecule has 0 radical (unpaired) electrons. The zero-order valence-electron chi connectivity index (χ0n) is 12.6. The van der Waals surface area contributed by atoms with Gasteiger partial charge in [0.15, 0.2) is 0 Å². The van der Waals surface area contributed by atoms with Gasteiger partial charge in [-0.25, -0.2) is 0 Å². The van der Waals surface area contributed by atoms with Crippen molar-refractivity contribution in [2.24, 2.45) is 11.3 Å². The van der Waals surface area contributed by atoms with Gasteiger partial charge in [0, 0.05) is 26.7 Å². The summed E-state index contributed by atoms with van der Waals surface area (Å²) in [5, 5.41) is 0. The molecule has 0 spiro atoms. The lowest BCUT2D eigenvalue weighted by molar-refractivity contribution is 0.269. The van der Waals surface area contributed by atoms with Crippen LogP contribution in [0.3, 0.4) is 0 Å². The van der Waals surface area contributed by atoms with Crippen LogP contribution in [0.25, 0.3) is 0 Å². The zero-order chi connectivity index (χ0) is 14.0. The molecule has 0 fully saturated rings. The molecule has 0 saturated heterocycles. The fraction of sp³-hybridized carbons (Fsp3) is 0.625. The molecule has 1 unspecified atom stereocenters. The van der Waals surface area contributed by atoms with Crippen molar-refractivity contribution in [3.8, 4) is 0 Å². The van der Waals surface area contributed by atoms with E-state index < -0.39 is 0 Å². The van der Waals surface area contributed by atoms with Gasteiger partial charge in [-0.05, 0) is 29.2 Å². The smallest absolute Gasteiger partial charge is 0.0604 e. The standard InChI is InChI=1S/C16H26N2S/c1-16(2,3)13(12-19)11-18-10-9-17(4)14-7-5-6-8-15(14)18/h5-8,13,19H,9-12H2,1-4H3. The molecule has 1 aliphatic heterocycles. The number of rotatable bonds is 3. The minimum Gasteiger partial charge on any atom is -0.371 e. The maximum atomic E-state index is 4.56. The van der Waals surface area contributed by atoms with Gasteiger partial charge in [0.2, 0.25) is 0 Å². The number of para-hydroxylation sites is 2. The highest BCUT2D eigenvalue weighted by Crippen LogP contribution is 2.35. The number of benzene rings is 1. The summed E-state index contributed by atoms with van der Waals surface area (Å²) in [6, 6.07) is 8.72. The molecular weight excluding hydrogens is 252 g/mol. The van der Waals surface area contributed by atoms with E-state index in [0.29, 0.717) is 11.3 Å². The topological polar surface area (TPSA) is 6.48 Å². The lowest BCUT2D eigenvalue weighted by Crippen LogP contribution is -2.44. The van der Waals surface area contributed by atoms with Crippen LogP contribution < -0.4 is 9.80 Å². The molecule has 2 rings (SSSR count). The Kier molecular flexibility index (Phi) is 4.34. The summed E-state index contributed by atoms with van der Waals surface area (Å²) in [5.41, 5.74) is 3.02. The Labute approximate surface area is 123 Å². The summed E-state index contributed by atoms with van der Waals surface area (Å²) in [5.74, 6) is 1.55. The molecule has 1 aromatic rings. The van der Waals surface area contributed by atoms with Crippen LogP contribution in [-0.4, -0.2) is 32.4 Å². The van der Waals surface area contributed by atoms with Crippen LogP contribution in [0.1, 0.15) is 20.8 Å². The number of likely N-dealkylation sites (N-methyl/N-ethyl adjacent to an activating group) is 1. The average Bonchev–Trinajstić information content (AvgIpc) is 2.37. The molecule has 106 valence electrons. The van der Waals surface area contributed by atoms with E-state index in [2.05, 4.69) is 74.5 Å². The third-order valence-corrected chi connectivity index (χ3v) is 4.67. The molecule has 0 N–H and O–H groups in total. The first kappa shape index (κ1) is 14.6. The van der Waals surface area contributed by atoms with Crippen LogP contribution in [0.4, 0.5) is 11.4 Å². The maximum Gasteiger partial charge on any atom is 0.0604 e. The highest BCUT2D eigenvalue weighted by molar-refractivity contribution is 7.80. The van der Waals surface area contributed by atoms with E-state index in [1.165, 1.54) is 11.4 Å². The summed E-state index contributed by atoms with van der Waals surface area (Å²) >= 11 is 4.56. The van der Waals surface area contributed by atoms with Crippen LogP contribution in [0, 0.1) is 11.3 Å². The van der Waals surface area contributed by atoms with E-state index >= 15 is 0 Å². The van der Waals surface area contributed by atoms with Crippen molar-refractivity contribution in [2.75, 3.05) is 42.2 Å². The normalized spacial score (nSPS) is 17.3. The van der Waals surface area contributed by atoms with E-state index in [9.17, 15) is 0 Å². The molecule has 0 amide bonds.